The minimum Gasteiger partial charge on any atom is -0.494 e. The van der Waals surface area contributed by atoms with Gasteiger partial charge < -0.3 is 9.64 Å². The van der Waals surface area contributed by atoms with Crippen LogP contribution in [0.25, 0.3) is 0 Å². The first kappa shape index (κ1) is 20.0. The quantitative estimate of drug-likeness (QED) is 0.632. The number of hydrogen-bond acceptors (Lipinski definition) is 6. The van der Waals surface area contributed by atoms with Gasteiger partial charge in [0.1, 0.15) is 0 Å². The molecule has 28 heavy (non-hydrogen) atoms. The average molecular weight is 420 g/mol. The predicted molar refractivity (Wildman–Crippen MR) is 108 cm³/mol. The van der Waals surface area contributed by atoms with Crippen molar-refractivity contribution >= 4 is 39.6 Å². The Kier molecular flexibility index (Phi) is 6.37. The minimum atomic E-state index is -0.466. The van der Waals surface area contributed by atoms with Gasteiger partial charge in [0.25, 0.3) is 5.91 Å². The zero-order chi connectivity index (χ0) is 20.1. The van der Waals surface area contributed by atoms with Crippen LogP contribution in [0.4, 0.5) is 9.52 Å². The molecule has 0 aliphatic carbocycles. The maximum absolute atomic E-state index is 13.8. The summed E-state index contributed by atoms with van der Waals surface area (Å²) in [5, 5.41) is 6.73. The molecule has 6 nitrogen and oxygen atoms in total. The number of carbonyl (C=O) groups is 2. The van der Waals surface area contributed by atoms with Crippen LogP contribution in [0.5, 0.6) is 5.75 Å². The molecule has 1 aromatic carbocycles. The molecule has 0 saturated heterocycles. The molecule has 3 aromatic rings. The highest BCUT2D eigenvalue weighted by molar-refractivity contribution is 7.14. The molecule has 0 bridgehead atoms. The molecule has 2 amide bonds. The van der Waals surface area contributed by atoms with Crippen molar-refractivity contribution in [3.8, 4) is 5.75 Å². The summed E-state index contributed by atoms with van der Waals surface area (Å²) in [5.41, 5.74) is 1.24. The number of nitrogens with one attached hydrogen (secondary N) is 1. The van der Waals surface area contributed by atoms with Crippen LogP contribution in [0.1, 0.15) is 20.9 Å². The molecule has 3 rings (SSSR count). The third kappa shape index (κ3) is 4.93. The first-order valence-electron chi connectivity index (χ1n) is 8.32. The van der Waals surface area contributed by atoms with Gasteiger partial charge in [0.05, 0.1) is 24.1 Å². The summed E-state index contributed by atoms with van der Waals surface area (Å²) in [5.74, 6) is -0.678. The maximum Gasteiger partial charge on any atom is 0.267 e. The van der Waals surface area contributed by atoms with Crippen LogP contribution in [0.15, 0.2) is 41.1 Å². The van der Waals surface area contributed by atoms with Crippen molar-refractivity contribution in [2.45, 2.75) is 13.0 Å². The standard InChI is InChI=1S/C19H18FN3O3S2/c1-23(10-12-5-6-15(26-2)14(20)8-12)17(24)9-13-11-28-19(21-13)22-18(25)16-4-3-7-27-16/h3-8,11H,9-10H2,1-2H3,(H,21,22,25). The van der Waals surface area contributed by atoms with Crippen molar-refractivity contribution in [2.75, 3.05) is 19.5 Å². The van der Waals surface area contributed by atoms with Gasteiger partial charge in [0.15, 0.2) is 16.7 Å². The van der Waals surface area contributed by atoms with Gasteiger partial charge in [-0.1, -0.05) is 12.1 Å². The number of rotatable bonds is 7. The molecule has 2 aromatic heterocycles. The molecule has 0 radical (unpaired) electrons. The Morgan fingerprint density at radius 3 is 2.79 bits per heavy atom. The number of aromatic nitrogens is 1. The second-order valence-corrected chi connectivity index (χ2v) is 7.78. The molecule has 0 spiro atoms. The number of likely N-dealkylation sites (N-methyl/N-ethyl adjacent to an activating group) is 1. The van der Waals surface area contributed by atoms with Crippen LogP contribution in [-0.2, 0) is 17.8 Å². The number of halogens is 1. The summed E-state index contributed by atoms with van der Waals surface area (Å²) in [6, 6.07) is 8.13. The fourth-order valence-corrected chi connectivity index (χ4v) is 3.80. The summed E-state index contributed by atoms with van der Waals surface area (Å²) >= 11 is 2.61. The van der Waals surface area contributed by atoms with Crippen LogP contribution in [-0.4, -0.2) is 35.9 Å². The van der Waals surface area contributed by atoms with Gasteiger partial charge in [-0.3, -0.25) is 14.9 Å². The van der Waals surface area contributed by atoms with E-state index in [1.807, 2.05) is 5.38 Å². The number of methoxy groups -OCH3 is 1. The summed E-state index contributed by atoms with van der Waals surface area (Å²) < 4.78 is 18.7. The van der Waals surface area contributed by atoms with E-state index in [0.717, 1.165) is 0 Å². The van der Waals surface area contributed by atoms with E-state index in [4.69, 9.17) is 4.74 Å². The number of ether oxygens (including phenoxy) is 1. The van der Waals surface area contributed by atoms with E-state index < -0.39 is 5.82 Å². The molecule has 1 N–H and O–H groups in total. The molecular weight excluding hydrogens is 401 g/mol. The van der Waals surface area contributed by atoms with E-state index in [1.165, 1.54) is 46.8 Å². The Morgan fingerprint density at radius 1 is 1.29 bits per heavy atom. The van der Waals surface area contributed by atoms with Gasteiger partial charge in [-0.15, -0.1) is 22.7 Å². The summed E-state index contributed by atoms with van der Waals surface area (Å²) in [6.45, 7) is 0.270. The molecule has 0 aliphatic rings. The molecule has 2 heterocycles. The first-order chi connectivity index (χ1) is 13.5. The number of hydrogen-bond donors (Lipinski definition) is 1. The smallest absolute Gasteiger partial charge is 0.267 e. The Labute approximate surface area is 169 Å². The monoisotopic (exact) mass is 419 g/mol. The number of anilines is 1. The van der Waals surface area contributed by atoms with Crippen molar-refractivity contribution in [3.05, 3.63) is 63.0 Å². The Morgan fingerprint density at radius 2 is 2.11 bits per heavy atom. The zero-order valence-electron chi connectivity index (χ0n) is 15.3. The number of benzene rings is 1. The SMILES string of the molecule is COc1ccc(CN(C)C(=O)Cc2csc(NC(=O)c3cccs3)n2)cc1F. The van der Waals surface area contributed by atoms with Crippen molar-refractivity contribution in [1.29, 1.82) is 0 Å². The molecule has 146 valence electrons. The summed E-state index contributed by atoms with van der Waals surface area (Å²) in [6.07, 6.45) is 0.0977. The van der Waals surface area contributed by atoms with E-state index in [0.29, 0.717) is 21.3 Å². The minimum absolute atomic E-state index is 0.0977. The Hall–Kier alpha value is -2.78. The lowest BCUT2D eigenvalue weighted by Gasteiger charge is -2.17. The fourth-order valence-electron chi connectivity index (χ4n) is 2.47. The van der Waals surface area contributed by atoms with E-state index >= 15 is 0 Å². The van der Waals surface area contributed by atoms with E-state index in [-0.39, 0.29) is 30.5 Å². The van der Waals surface area contributed by atoms with Crippen molar-refractivity contribution < 1.29 is 18.7 Å². The maximum atomic E-state index is 13.8. The third-order valence-corrected chi connectivity index (χ3v) is 5.59. The summed E-state index contributed by atoms with van der Waals surface area (Å²) in [7, 11) is 3.05. The first-order valence-corrected chi connectivity index (χ1v) is 10.1. The van der Waals surface area contributed by atoms with Gasteiger partial charge >= 0.3 is 0 Å². The number of nitrogens with zero attached hydrogens (tertiary/aromatic N) is 2. The Bertz CT molecular complexity index is 973. The van der Waals surface area contributed by atoms with Crippen molar-refractivity contribution in [3.63, 3.8) is 0 Å². The van der Waals surface area contributed by atoms with Gasteiger partial charge in [0.2, 0.25) is 5.91 Å². The highest BCUT2D eigenvalue weighted by Gasteiger charge is 2.15. The second kappa shape index (κ2) is 8.94. The second-order valence-electron chi connectivity index (χ2n) is 5.97. The molecule has 0 aliphatic heterocycles. The molecule has 0 saturated carbocycles. The Balaban J connectivity index is 1.56. The van der Waals surface area contributed by atoms with Crippen LogP contribution < -0.4 is 10.1 Å². The molecule has 9 heteroatoms. The number of thiazole rings is 1. The van der Waals surface area contributed by atoms with Gasteiger partial charge in [-0.2, -0.15) is 0 Å². The van der Waals surface area contributed by atoms with Gasteiger partial charge in [-0.25, -0.2) is 9.37 Å². The normalized spacial score (nSPS) is 10.5. The van der Waals surface area contributed by atoms with Gasteiger partial charge in [-0.05, 0) is 29.1 Å². The summed E-state index contributed by atoms with van der Waals surface area (Å²) in [4.78, 5) is 30.9. The number of carbonyl (C=O) groups excluding carboxylic acids is 2. The van der Waals surface area contributed by atoms with Crippen LogP contribution in [0, 0.1) is 5.82 Å². The van der Waals surface area contributed by atoms with Crippen LogP contribution in [0.2, 0.25) is 0 Å². The van der Waals surface area contributed by atoms with Crippen LogP contribution in [0.3, 0.4) is 0 Å². The third-order valence-electron chi connectivity index (χ3n) is 3.91. The average Bonchev–Trinajstić information content (AvgIpc) is 3.34. The highest BCUT2D eigenvalue weighted by Crippen LogP contribution is 2.20. The molecule has 0 fully saturated rings. The van der Waals surface area contributed by atoms with E-state index in [2.05, 4.69) is 10.3 Å². The molecule has 0 unspecified atom stereocenters. The van der Waals surface area contributed by atoms with Crippen molar-refractivity contribution in [1.82, 2.24) is 9.88 Å². The number of amides is 2. The van der Waals surface area contributed by atoms with Gasteiger partial charge in [0, 0.05) is 19.0 Å². The van der Waals surface area contributed by atoms with Crippen molar-refractivity contribution in [2.24, 2.45) is 0 Å². The van der Waals surface area contributed by atoms with E-state index in [1.54, 1.807) is 30.6 Å². The number of thiophene rings is 1. The molecule has 0 atom stereocenters. The molecular formula is C19H18FN3O3S2. The van der Waals surface area contributed by atoms with Crippen LogP contribution >= 0.6 is 22.7 Å². The van der Waals surface area contributed by atoms with E-state index in [9.17, 15) is 14.0 Å². The lowest BCUT2D eigenvalue weighted by atomic mass is 10.2. The lowest BCUT2D eigenvalue weighted by Crippen LogP contribution is -2.27. The lowest BCUT2D eigenvalue weighted by molar-refractivity contribution is -0.129. The zero-order valence-corrected chi connectivity index (χ0v) is 16.9. The predicted octanol–water partition coefficient (Wildman–Crippen LogP) is 3.81. The largest absolute Gasteiger partial charge is 0.494 e. The highest BCUT2D eigenvalue weighted by atomic mass is 32.1. The fraction of sp³-hybridized carbons (Fsp3) is 0.211. The topological polar surface area (TPSA) is 71.5 Å².